The molecule has 0 bridgehead atoms. The quantitative estimate of drug-likeness (QED) is 0.106. The molecule has 0 aromatic rings. The predicted molar refractivity (Wildman–Crippen MR) is 105 cm³/mol. The maximum atomic E-state index is 11.7. The second-order valence-electron chi connectivity index (χ2n) is 7.12. The SMILES string of the molecule is C=C(C)C(=O)OC(O)(CCCCCCCCCCCC)CCOP(=O)(O)O. The molecule has 0 saturated carbocycles. The molecule has 0 fully saturated rings. The van der Waals surface area contributed by atoms with Gasteiger partial charge < -0.3 is 19.6 Å². The Morgan fingerprint density at radius 3 is 1.89 bits per heavy atom. The third-order valence-electron chi connectivity index (χ3n) is 4.30. The maximum absolute atomic E-state index is 11.7. The molecular formula is C19H37O7P. The van der Waals surface area contributed by atoms with Crippen LogP contribution >= 0.6 is 7.82 Å². The number of unbranched alkanes of at least 4 members (excludes halogenated alkanes) is 9. The molecule has 0 aromatic heterocycles. The Labute approximate surface area is 163 Å². The van der Waals surface area contributed by atoms with Crippen LogP contribution in [-0.2, 0) is 18.6 Å². The molecule has 0 spiro atoms. The first-order valence-electron chi connectivity index (χ1n) is 9.91. The summed E-state index contributed by atoms with van der Waals surface area (Å²) in [6, 6.07) is 0. The third kappa shape index (κ3) is 16.0. The lowest BCUT2D eigenvalue weighted by atomic mass is 10.0. The number of hydrogen-bond donors (Lipinski definition) is 3. The van der Waals surface area contributed by atoms with Gasteiger partial charge in [0.05, 0.1) is 6.61 Å². The van der Waals surface area contributed by atoms with E-state index in [1.54, 1.807) is 0 Å². The fraction of sp³-hybridized carbons (Fsp3) is 0.842. The van der Waals surface area contributed by atoms with Crippen molar-refractivity contribution in [1.82, 2.24) is 0 Å². The van der Waals surface area contributed by atoms with E-state index in [4.69, 9.17) is 14.5 Å². The van der Waals surface area contributed by atoms with Crippen molar-refractivity contribution in [2.24, 2.45) is 0 Å². The predicted octanol–water partition coefficient (Wildman–Crippen LogP) is 4.60. The number of rotatable bonds is 17. The molecule has 0 heterocycles. The molecule has 1 unspecified atom stereocenters. The zero-order valence-electron chi connectivity index (χ0n) is 16.8. The lowest BCUT2D eigenvalue weighted by molar-refractivity contribution is -0.213. The van der Waals surface area contributed by atoms with Gasteiger partial charge in [0.15, 0.2) is 0 Å². The Morgan fingerprint density at radius 2 is 1.44 bits per heavy atom. The number of hydrogen-bond acceptors (Lipinski definition) is 5. The highest BCUT2D eigenvalue weighted by Crippen LogP contribution is 2.36. The van der Waals surface area contributed by atoms with E-state index in [0.29, 0.717) is 6.42 Å². The van der Waals surface area contributed by atoms with Crippen LogP contribution in [0.4, 0.5) is 0 Å². The first-order valence-corrected chi connectivity index (χ1v) is 11.4. The molecular weight excluding hydrogens is 371 g/mol. The third-order valence-corrected chi connectivity index (χ3v) is 4.82. The minimum atomic E-state index is -4.63. The van der Waals surface area contributed by atoms with Crippen molar-refractivity contribution in [2.75, 3.05) is 6.61 Å². The van der Waals surface area contributed by atoms with E-state index >= 15 is 0 Å². The number of carbonyl (C=O) groups is 1. The molecule has 8 heteroatoms. The Kier molecular flexibility index (Phi) is 13.9. The molecule has 27 heavy (non-hydrogen) atoms. The first-order chi connectivity index (χ1) is 12.6. The van der Waals surface area contributed by atoms with Crippen LogP contribution in [0.15, 0.2) is 12.2 Å². The maximum Gasteiger partial charge on any atom is 0.469 e. The Morgan fingerprint density at radius 1 is 0.963 bits per heavy atom. The average molecular weight is 408 g/mol. The molecule has 0 aliphatic rings. The van der Waals surface area contributed by atoms with Gasteiger partial charge in [0, 0.05) is 18.4 Å². The molecule has 0 saturated heterocycles. The second kappa shape index (κ2) is 14.3. The van der Waals surface area contributed by atoms with Crippen molar-refractivity contribution in [3.05, 3.63) is 12.2 Å². The van der Waals surface area contributed by atoms with Gasteiger partial charge in [-0.1, -0.05) is 71.3 Å². The summed E-state index contributed by atoms with van der Waals surface area (Å²) in [5, 5.41) is 10.5. The van der Waals surface area contributed by atoms with Crippen molar-refractivity contribution in [1.29, 1.82) is 0 Å². The van der Waals surface area contributed by atoms with Crippen LogP contribution in [0.2, 0.25) is 0 Å². The second-order valence-corrected chi connectivity index (χ2v) is 8.36. The largest absolute Gasteiger partial charge is 0.469 e. The van der Waals surface area contributed by atoms with Crippen LogP contribution in [0, 0.1) is 0 Å². The number of phosphoric ester groups is 1. The van der Waals surface area contributed by atoms with Gasteiger partial charge in [-0.15, -0.1) is 0 Å². The van der Waals surface area contributed by atoms with E-state index in [2.05, 4.69) is 18.0 Å². The number of esters is 1. The smallest absolute Gasteiger partial charge is 0.430 e. The van der Waals surface area contributed by atoms with E-state index in [1.807, 2.05) is 0 Å². The van der Waals surface area contributed by atoms with Crippen molar-refractivity contribution in [3.63, 3.8) is 0 Å². The van der Waals surface area contributed by atoms with Gasteiger partial charge in [0.25, 0.3) is 0 Å². The molecule has 1 atom stereocenters. The van der Waals surface area contributed by atoms with Crippen molar-refractivity contribution in [2.45, 2.75) is 96.7 Å². The average Bonchev–Trinajstić information content (AvgIpc) is 2.55. The highest BCUT2D eigenvalue weighted by Gasteiger charge is 2.32. The van der Waals surface area contributed by atoms with E-state index < -0.39 is 26.2 Å². The van der Waals surface area contributed by atoms with Crippen LogP contribution in [0.25, 0.3) is 0 Å². The normalized spacial score (nSPS) is 14.0. The fourth-order valence-corrected chi connectivity index (χ4v) is 3.03. The Bertz CT molecular complexity index is 475. The molecule has 0 aliphatic heterocycles. The van der Waals surface area contributed by atoms with Gasteiger partial charge in [0.2, 0.25) is 5.79 Å². The summed E-state index contributed by atoms with van der Waals surface area (Å²) in [5.41, 5.74) is 0.146. The number of ether oxygens (including phenoxy) is 1. The standard InChI is InChI=1S/C19H37O7P/c1-4-5-6-7-8-9-10-11-12-13-14-19(21,26-18(20)17(2)3)15-16-25-27(22,23)24/h21H,2,4-16H2,1,3H3,(H2,22,23,24). The van der Waals surface area contributed by atoms with Gasteiger partial charge in [-0.25, -0.2) is 9.36 Å². The molecule has 0 aromatic carbocycles. The summed E-state index contributed by atoms with van der Waals surface area (Å²) in [4.78, 5) is 29.2. The summed E-state index contributed by atoms with van der Waals surface area (Å²) in [5.74, 6) is -2.55. The molecule has 3 N–H and O–H groups in total. The summed E-state index contributed by atoms with van der Waals surface area (Å²) < 4.78 is 20.2. The summed E-state index contributed by atoms with van der Waals surface area (Å²) in [7, 11) is -4.63. The molecule has 7 nitrogen and oxygen atoms in total. The lowest BCUT2D eigenvalue weighted by Crippen LogP contribution is -2.36. The summed E-state index contributed by atoms with van der Waals surface area (Å²) >= 11 is 0. The lowest BCUT2D eigenvalue weighted by Gasteiger charge is -2.28. The minimum absolute atomic E-state index is 0.146. The molecule has 0 radical (unpaired) electrons. The Balaban J connectivity index is 4.18. The molecule has 0 amide bonds. The van der Waals surface area contributed by atoms with E-state index in [-0.39, 0.29) is 18.4 Å². The highest BCUT2D eigenvalue weighted by atomic mass is 31.2. The molecule has 0 rings (SSSR count). The summed E-state index contributed by atoms with van der Waals surface area (Å²) in [6.07, 6.45) is 11.3. The van der Waals surface area contributed by atoms with E-state index in [1.165, 1.54) is 45.4 Å². The van der Waals surface area contributed by atoms with Crippen LogP contribution in [0.5, 0.6) is 0 Å². The van der Waals surface area contributed by atoms with Crippen molar-refractivity contribution < 1.29 is 33.5 Å². The monoisotopic (exact) mass is 408 g/mol. The van der Waals surface area contributed by atoms with Crippen LogP contribution in [0.1, 0.15) is 90.9 Å². The van der Waals surface area contributed by atoms with Gasteiger partial charge in [-0.05, 0) is 13.3 Å². The number of aliphatic hydroxyl groups is 1. The minimum Gasteiger partial charge on any atom is -0.430 e. The zero-order valence-corrected chi connectivity index (χ0v) is 17.7. The van der Waals surface area contributed by atoms with Crippen LogP contribution < -0.4 is 0 Å². The van der Waals surface area contributed by atoms with E-state index in [0.717, 1.165) is 19.3 Å². The van der Waals surface area contributed by atoms with Crippen molar-refractivity contribution >= 4 is 13.8 Å². The van der Waals surface area contributed by atoms with Crippen LogP contribution in [-0.4, -0.2) is 33.3 Å². The van der Waals surface area contributed by atoms with Crippen molar-refractivity contribution in [3.8, 4) is 0 Å². The first kappa shape index (κ1) is 26.3. The summed E-state index contributed by atoms with van der Waals surface area (Å²) in [6.45, 7) is 6.73. The van der Waals surface area contributed by atoms with Crippen LogP contribution in [0.3, 0.4) is 0 Å². The fourth-order valence-electron chi connectivity index (χ4n) is 2.70. The van der Waals surface area contributed by atoms with Gasteiger partial charge in [-0.3, -0.25) is 4.52 Å². The molecule has 160 valence electrons. The Hall–Kier alpha value is -0.720. The van der Waals surface area contributed by atoms with E-state index in [9.17, 15) is 14.5 Å². The van der Waals surface area contributed by atoms with Gasteiger partial charge >= 0.3 is 13.8 Å². The molecule has 0 aliphatic carbocycles. The van der Waals surface area contributed by atoms with Gasteiger partial charge in [-0.2, -0.15) is 0 Å². The number of phosphoric acid groups is 1. The topological polar surface area (TPSA) is 113 Å². The number of carbonyl (C=O) groups excluding carboxylic acids is 1. The highest BCUT2D eigenvalue weighted by molar-refractivity contribution is 7.46. The van der Waals surface area contributed by atoms with Gasteiger partial charge in [0.1, 0.15) is 0 Å². The zero-order chi connectivity index (χ0) is 20.8.